The minimum Gasteiger partial charge on any atom is -0.467 e. The summed E-state index contributed by atoms with van der Waals surface area (Å²) < 4.78 is 10.5. The molecule has 0 aliphatic carbocycles. The lowest BCUT2D eigenvalue weighted by Gasteiger charge is -2.19. The van der Waals surface area contributed by atoms with E-state index >= 15 is 0 Å². The van der Waals surface area contributed by atoms with Crippen molar-refractivity contribution in [2.45, 2.75) is 20.1 Å². The molecule has 1 unspecified atom stereocenters. The summed E-state index contributed by atoms with van der Waals surface area (Å²) in [6.07, 6.45) is -0.733. The van der Waals surface area contributed by atoms with Crippen LogP contribution in [0.15, 0.2) is 42.5 Å². The Bertz CT molecular complexity index is 456. The number of esters is 1. The quantitative estimate of drug-likeness (QED) is 0.481. The second kappa shape index (κ2) is 7.20. The van der Waals surface area contributed by atoms with Gasteiger partial charge in [-0.05, 0) is 19.1 Å². The maximum absolute atomic E-state index is 11.3. The molecule has 19 heavy (non-hydrogen) atoms. The zero-order valence-electron chi connectivity index (χ0n) is 11.0. The molecule has 0 heterocycles. The van der Waals surface area contributed by atoms with Crippen LogP contribution in [0.5, 0.6) is 5.75 Å². The lowest BCUT2D eigenvalue weighted by atomic mass is 10.3. The van der Waals surface area contributed by atoms with Crippen molar-refractivity contribution in [1.29, 1.82) is 0 Å². The molecule has 0 saturated carbocycles. The van der Waals surface area contributed by atoms with Gasteiger partial charge < -0.3 is 14.8 Å². The number of benzene rings is 1. The SMILES string of the molecule is C=C(C)C(=O)OCC(NC(C)=O)Oc1ccccc1. The molecule has 1 atom stereocenters. The van der Waals surface area contributed by atoms with E-state index in [1.165, 1.54) is 6.92 Å². The van der Waals surface area contributed by atoms with Crippen molar-refractivity contribution in [3.8, 4) is 5.75 Å². The molecule has 1 N–H and O–H groups in total. The van der Waals surface area contributed by atoms with E-state index in [0.29, 0.717) is 11.3 Å². The molecule has 0 fully saturated rings. The molecule has 0 bridgehead atoms. The number of carbonyl (C=O) groups is 2. The Morgan fingerprint density at radius 2 is 1.89 bits per heavy atom. The highest BCUT2D eigenvalue weighted by atomic mass is 16.6. The first-order valence-corrected chi connectivity index (χ1v) is 5.80. The third-order valence-electron chi connectivity index (χ3n) is 2.10. The van der Waals surface area contributed by atoms with Gasteiger partial charge in [-0.15, -0.1) is 0 Å². The summed E-state index contributed by atoms with van der Waals surface area (Å²) in [5.41, 5.74) is 0.293. The fourth-order valence-corrected chi connectivity index (χ4v) is 1.27. The third-order valence-corrected chi connectivity index (χ3v) is 2.10. The molecular formula is C14H17NO4. The molecule has 0 aromatic heterocycles. The van der Waals surface area contributed by atoms with Gasteiger partial charge in [0.25, 0.3) is 0 Å². The van der Waals surface area contributed by atoms with Crippen molar-refractivity contribution >= 4 is 11.9 Å². The van der Waals surface area contributed by atoms with E-state index in [1.54, 1.807) is 31.2 Å². The second-order valence-electron chi connectivity index (χ2n) is 4.00. The molecule has 0 aliphatic heterocycles. The predicted octanol–water partition coefficient (Wildman–Crippen LogP) is 1.65. The summed E-state index contributed by atoms with van der Waals surface area (Å²) in [7, 11) is 0. The monoisotopic (exact) mass is 263 g/mol. The van der Waals surface area contributed by atoms with Crippen LogP contribution in [0.1, 0.15) is 13.8 Å². The summed E-state index contributed by atoms with van der Waals surface area (Å²) in [5.74, 6) is -0.216. The van der Waals surface area contributed by atoms with Crippen molar-refractivity contribution < 1.29 is 19.1 Å². The van der Waals surface area contributed by atoms with E-state index in [-0.39, 0.29) is 12.5 Å². The molecule has 1 aromatic carbocycles. The fraction of sp³-hybridized carbons (Fsp3) is 0.286. The topological polar surface area (TPSA) is 64.6 Å². The fourth-order valence-electron chi connectivity index (χ4n) is 1.27. The smallest absolute Gasteiger partial charge is 0.333 e. The largest absolute Gasteiger partial charge is 0.467 e. The van der Waals surface area contributed by atoms with Gasteiger partial charge in [0, 0.05) is 12.5 Å². The van der Waals surface area contributed by atoms with Crippen LogP contribution in [-0.2, 0) is 14.3 Å². The molecule has 0 radical (unpaired) electrons. The van der Waals surface area contributed by atoms with E-state index in [0.717, 1.165) is 0 Å². The van der Waals surface area contributed by atoms with Crippen LogP contribution in [0.2, 0.25) is 0 Å². The van der Waals surface area contributed by atoms with Gasteiger partial charge in [-0.1, -0.05) is 24.8 Å². The van der Waals surface area contributed by atoms with Gasteiger partial charge in [-0.25, -0.2) is 4.79 Å². The van der Waals surface area contributed by atoms with E-state index < -0.39 is 12.2 Å². The Morgan fingerprint density at radius 1 is 1.26 bits per heavy atom. The van der Waals surface area contributed by atoms with Crippen molar-refractivity contribution in [3.05, 3.63) is 42.5 Å². The lowest BCUT2D eigenvalue weighted by molar-refractivity contribution is -0.143. The number of rotatable bonds is 6. The second-order valence-corrected chi connectivity index (χ2v) is 4.00. The van der Waals surface area contributed by atoms with Crippen molar-refractivity contribution in [1.82, 2.24) is 5.32 Å². The Balaban J connectivity index is 2.59. The summed E-state index contributed by atoms with van der Waals surface area (Å²) in [5, 5.41) is 2.55. The van der Waals surface area contributed by atoms with E-state index in [1.807, 2.05) is 6.07 Å². The van der Waals surface area contributed by atoms with Crippen LogP contribution in [0, 0.1) is 0 Å². The van der Waals surface area contributed by atoms with Gasteiger partial charge in [0.05, 0.1) is 0 Å². The molecule has 1 amide bonds. The molecule has 1 aromatic rings. The van der Waals surface area contributed by atoms with Crippen molar-refractivity contribution in [3.63, 3.8) is 0 Å². The zero-order chi connectivity index (χ0) is 14.3. The van der Waals surface area contributed by atoms with Gasteiger partial charge >= 0.3 is 5.97 Å². The number of ether oxygens (including phenoxy) is 2. The van der Waals surface area contributed by atoms with Crippen LogP contribution in [-0.4, -0.2) is 24.7 Å². The average Bonchev–Trinajstić information content (AvgIpc) is 2.36. The van der Waals surface area contributed by atoms with Crippen LogP contribution < -0.4 is 10.1 Å². The molecule has 0 saturated heterocycles. The van der Waals surface area contributed by atoms with Crippen LogP contribution >= 0.6 is 0 Å². The molecule has 1 rings (SSSR count). The molecule has 5 nitrogen and oxygen atoms in total. The summed E-state index contributed by atoms with van der Waals surface area (Å²) >= 11 is 0. The van der Waals surface area contributed by atoms with Crippen LogP contribution in [0.25, 0.3) is 0 Å². The number of nitrogens with one attached hydrogen (secondary N) is 1. The van der Waals surface area contributed by atoms with Gasteiger partial charge in [0.15, 0.2) is 0 Å². The van der Waals surface area contributed by atoms with Crippen LogP contribution in [0.4, 0.5) is 0 Å². The molecular weight excluding hydrogens is 246 g/mol. The first-order chi connectivity index (χ1) is 8.99. The number of hydrogen-bond donors (Lipinski definition) is 1. The molecule has 102 valence electrons. The predicted molar refractivity (Wildman–Crippen MR) is 70.4 cm³/mol. The minimum absolute atomic E-state index is 0.0832. The minimum atomic E-state index is -0.733. The lowest BCUT2D eigenvalue weighted by Crippen LogP contribution is -2.41. The van der Waals surface area contributed by atoms with Crippen molar-refractivity contribution in [2.24, 2.45) is 0 Å². The Labute approximate surface area is 112 Å². The van der Waals surface area contributed by atoms with E-state index in [2.05, 4.69) is 11.9 Å². The average molecular weight is 263 g/mol. The maximum Gasteiger partial charge on any atom is 0.333 e. The van der Waals surface area contributed by atoms with Gasteiger partial charge in [0.1, 0.15) is 12.4 Å². The number of carbonyl (C=O) groups excluding carboxylic acids is 2. The summed E-state index contributed by atoms with van der Waals surface area (Å²) in [6.45, 7) is 6.30. The Morgan fingerprint density at radius 3 is 2.42 bits per heavy atom. The van der Waals surface area contributed by atoms with E-state index in [9.17, 15) is 9.59 Å². The highest BCUT2D eigenvalue weighted by Gasteiger charge is 2.15. The molecule has 0 aliphatic rings. The Kier molecular flexibility index (Phi) is 5.60. The van der Waals surface area contributed by atoms with Crippen molar-refractivity contribution in [2.75, 3.05) is 6.61 Å². The standard InChI is InChI=1S/C14H17NO4/c1-10(2)14(17)18-9-13(15-11(3)16)19-12-7-5-4-6-8-12/h4-8,13H,1,9H2,2-3H3,(H,15,16). The number of hydrogen-bond acceptors (Lipinski definition) is 4. The number of amides is 1. The first-order valence-electron chi connectivity index (χ1n) is 5.80. The van der Waals surface area contributed by atoms with E-state index in [4.69, 9.17) is 9.47 Å². The highest BCUT2D eigenvalue weighted by molar-refractivity contribution is 5.86. The summed E-state index contributed by atoms with van der Waals surface area (Å²) in [4.78, 5) is 22.4. The van der Waals surface area contributed by atoms with Gasteiger partial charge in [-0.3, -0.25) is 4.79 Å². The van der Waals surface area contributed by atoms with Gasteiger partial charge in [-0.2, -0.15) is 0 Å². The zero-order valence-corrected chi connectivity index (χ0v) is 11.0. The Hall–Kier alpha value is -2.30. The van der Waals surface area contributed by atoms with Crippen LogP contribution in [0.3, 0.4) is 0 Å². The third kappa shape index (κ3) is 5.72. The first kappa shape index (κ1) is 14.8. The van der Waals surface area contributed by atoms with Gasteiger partial charge in [0.2, 0.25) is 12.1 Å². The number of para-hydroxylation sites is 1. The highest BCUT2D eigenvalue weighted by Crippen LogP contribution is 2.10. The molecule has 0 spiro atoms. The molecule has 5 heteroatoms. The maximum atomic E-state index is 11.3. The summed E-state index contributed by atoms with van der Waals surface area (Å²) in [6, 6.07) is 8.95. The normalized spacial score (nSPS) is 11.3.